The molecule has 1 aliphatic rings. The Labute approximate surface area is 200 Å². The fourth-order valence-electron chi connectivity index (χ4n) is 3.91. The van der Waals surface area contributed by atoms with Crippen LogP contribution in [0.25, 0.3) is 11.8 Å². The summed E-state index contributed by atoms with van der Waals surface area (Å²) in [6, 6.07) is 9.05. The van der Waals surface area contributed by atoms with Gasteiger partial charge in [-0.25, -0.2) is 4.68 Å². The Morgan fingerprint density at radius 2 is 1.63 bits per heavy atom. The first kappa shape index (κ1) is 23.5. The van der Waals surface area contributed by atoms with Crippen LogP contribution in [-0.4, -0.2) is 31.2 Å². The van der Waals surface area contributed by atoms with E-state index in [1.807, 2.05) is 32.0 Å². The molecular formula is C24H22N6O5. The van der Waals surface area contributed by atoms with Crippen LogP contribution >= 0.6 is 0 Å². The molecule has 11 nitrogen and oxygen atoms in total. The number of nitro benzene ring substituents is 2. The molecule has 3 aromatic rings. The highest BCUT2D eigenvalue weighted by Gasteiger charge is 2.30. The van der Waals surface area contributed by atoms with Gasteiger partial charge in [-0.15, -0.1) is 0 Å². The number of nitro groups is 2. The lowest BCUT2D eigenvalue weighted by Crippen LogP contribution is -2.21. The monoisotopic (exact) mass is 474 g/mol. The summed E-state index contributed by atoms with van der Waals surface area (Å²) in [7, 11) is 0. The molecule has 0 unspecified atom stereocenters. The molecule has 4 rings (SSSR count). The number of aromatic nitrogens is 2. The van der Waals surface area contributed by atoms with Crippen molar-refractivity contribution in [2.75, 3.05) is 5.01 Å². The Hall–Kier alpha value is -4.67. The molecule has 35 heavy (non-hydrogen) atoms. The summed E-state index contributed by atoms with van der Waals surface area (Å²) in [4.78, 5) is 34.5. The van der Waals surface area contributed by atoms with Crippen molar-refractivity contribution in [1.82, 2.24) is 9.78 Å². The maximum Gasteiger partial charge on any atom is 0.301 e. The van der Waals surface area contributed by atoms with Gasteiger partial charge in [0.1, 0.15) is 5.69 Å². The third-order valence-corrected chi connectivity index (χ3v) is 6.03. The predicted molar refractivity (Wildman–Crippen MR) is 131 cm³/mol. The minimum Gasteiger partial charge on any atom is -0.267 e. The molecule has 0 bridgehead atoms. The molecule has 0 saturated heterocycles. The van der Waals surface area contributed by atoms with Crippen molar-refractivity contribution < 1.29 is 14.6 Å². The maximum absolute atomic E-state index is 13.2. The van der Waals surface area contributed by atoms with Crippen LogP contribution in [0.1, 0.15) is 35.0 Å². The molecule has 2 heterocycles. The van der Waals surface area contributed by atoms with E-state index in [1.165, 1.54) is 21.8 Å². The summed E-state index contributed by atoms with van der Waals surface area (Å²) in [6.45, 7) is 9.13. The number of carbonyl (C=O) groups is 1. The molecule has 0 spiro atoms. The lowest BCUT2D eigenvalue weighted by Gasteiger charge is -2.13. The summed E-state index contributed by atoms with van der Waals surface area (Å²) < 4.78 is 1.36. The molecule has 0 saturated carbocycles. The second kappa shape index (κ2) is 8.60. The van der Waals surface area contributed by atoms with Crippen molar-refractivity contribution in [3.63, 3.8) is 0 Å². The van der Waals surface area contributed by atoms with Crippen molar-refractivity contribution in [2.45, 2.75) is 34.6 Å². The molecule has 0 N–H and O–H groups in total. The summed E-state index contributed by atoms with van der Waals surface area (Å²) in [5.74, 6) is -0.293. The predicted octanol–water partition coefficient (Wildman–Crippen LogP) is 4.73. The third kappa shape index (κ3) is 4.07. The first-order chi connectivity index (χ1) is 16.5. The van der Waals surface area contributed by atoms with Crippen LogP contribution < -0.4 is 5.01 Å². The Balaban J connectivity index is 1.77. The standard InChI is InChI=1S/C24H22N6O5/c1-13-6-7-18(10-14(13)2)28-24(31)21(16(4)26-28)12-20-15(3)25-27(17(20)5)22-9-8-19(29(32)33)11-23(22)30(34)35/h6-12H,1-5H3/b21-12+. The lowest BCUT2D eigenvalue weighted by molar-refractivity contribution is -0.394. The molecular weight excluding hydrogens is 452 g/mol. The number of hydrogen-bond donors (Lipinski definition) is 0. The van der Waals surface area contributed by atoms with Crippen LogP contribution in [0.5, 0.6) is 0 Å². The highest BCUT2D eigenvalue weighted by atomic mass is 16.6. The molecule has 2 aromatic carbocycles. The van der Waals surface area contributed by atoms with Gasteiger partial charge in [-0.1, -0.05) is 6.07 Å². The number of rotatable bonds is 5. The summed E-state index contributed by atoms with van der Waals surface area (Å²) in [5, 5.41) is 32.9. The number of aryl methyl sites for hydroxylation is 3. The average molecular weight is 474 g/mol. The highest BCUT2D eigenvalue weighted by Crippen LogP contribution is 2.32. The van der Waals surface area contributed by atoms with Gasteiger partial charge in [0, 0.05) is 17.3 Å². The Bertz CT molecular complexity index is 1480. The molecule has 178 valence electrons. The van der Waals surface area contributed by atoms with E-state index in [0.717, 1.165) is 17.2 Å². The molecule has 1 aliphatic heterocycles. The number of benzene rings is 2. The van der Waals surface area contributed by atoms with Gasteiger partial charge in [-0.05, 0) is 70.0 Å². The first-order valence-corrected chi connectivity index (χ1v) is 10.7. The molecule has 1 amide bonds. The zero-order valence-electron chi connectivity index (χ0n) is 19.8. The summed E-state index contributed by atoms with van der Waals surface area (Å²) in [5.41, 5.74) is 4.65. The van der Waals surface area contributed by atoms with Crippen molar-refractivity contribution in [3.8, 4) is 5.69 Å². The molecule has 0 fully saturated rings. The van der Waals surface area contributed by atoms with Crippen LogP contribution in [0.15, 0.2) is 47.1 Å². The Morgan fingerprint density at radius 1 is 0.914 bits per heavy atom. The van der Waals surface area contributed by atoms with Crippen molar-refractivity contribution in [3.05, 3.63) is 90.3 Å². The quantitative estimate of drug-likeness (QED) is 0.298. The maximum atomic E-state index is 13.2. The fraction of sp³-hybridized carbons (Fsp3) is 0.208. The van der Waals surface area contributed by atoms with Gasteiger partial charge in [-0.2, -0.15) is 15.2 Å². The highest BCUT2D eigenvalue weighted by molar-refractivity contribution is 6.32. The van der Waals surface area contributed by atoms with E-state index in [9.17, 15) is 25.0 Å². The molecule has 0 radical (unpaired) electrons. The topological polar surface area (TPSA) is 137 Å². The Kier molecular flexibility index (Phi) is 5.77. The zero-order valence-corrected chi connectivity index (χ0v) is 19.8. The van der Waals surface area contributed by atoms with Gasteiger partial charge in [0.25, 0.3) is 11.6 Å². The number of nitrogens with zero attached hydrogens (tertiary/aromatic N) is 6. The van der Waals surface area contributed by atoms with E-state index >= 15 is 0 Å². The zero-order chi connectivity index (χ0) is 25.6. The third-order valence-electron chi connectivity index (χ3n) is 6.03. The van der Waals surface area contributed by atoms with E-state index in [0.29, 0.717) is 33.9 Å². The van der Waals surface area contributed by atoms with Crippen molar-refractivity contribution in [1.29, 1.82) is 0 Å². The van der Waals surface area contributed by atoms with E-state index in [2.05, 4.69) is 10.2 Å². The normalized spacial score (nSPS) is 14.5. The number of anilines is 1. The van der Waals surface area contributed by atoms with Gasteiger partial charge >= 0.3 is 5.69 Å². The number of hydrazone groups is 1. The largest absolute Gasteiger partial charge is 0.301 e. The lowest BCUT2D eigenvalue weighted by atomic mass is 10.1. The van der Waals surface area contributed by atoms with Crippen molar-refractivity contribution in [2.24, 2.45) is 5.10 Å². The minimum atomic E-state index is -0.692. The molecule has 0 atom stereocenters. The number of amides is 1. The van der Waals surface area contributed by atoms with Crippen molar-refractivity contribution >= 4 is 34.8 Å². The van der Waals surface area contributed by atoms with Crippen LogP contribution in [0, 0.1) is 47.9 Å². The smallest absolute Gasteiger partial charge is 0.267 e. The van der Waals surface area contributed by atoms with E-state index in [1.54, 1.807) is 26.8 Å². The SMILES string of the molecule is CC1=NN(c2ccc(C)c(C)c2)C(=O)/C1=C/c1c(C)nn(-c2ccc([N+](=O)[O-])cc2[N+](=O)[O-])c1C. The second-order valence-corrected chi connectivity index (χ2v) is 8.31. The Morgan fingerprint density at radius 3 is 2.26 bits per heavy atom. The van der Waals surface area contributed by atoms with Crippen LogP contribution in [0.2, 0.25) is 0 Å². The summed E-state index contributed by atoms with van der Waals surface area (Å²) in [6.07, 6.45) is 1.67. The van der Waals surface area contributed by atoms with Gasteiger partial charge in [0.05, 0.1) is 38.6 Å². The fourth-order valence-corrected chi connectivity index (χ4v) is 3.91. The molecule has 1 aromatic heterocycles. The van der Waals surface area contributed by atoms with E-state index in [-0.39, 0.29) is 17.3 Å². The number of non-ortho nitro benzene ring substituents is 1. The van der Waals surface area contributed by atoms with Crippen LogP contribution in [0.3, 0.4) is 0 Å². The number of carbonyl (C=O) groups excluding carboxylic acids is 1. The van der Waals surface area contributed by atoms with Crippen LogP contribution in [-0.2, 0) is 4.79 Å². The molecule has 0 aliphatic carbocycles. The van der Waals surface area contributed by atoms with Gasteiger partial charge in [0.15, 0.2) is 0 Å². The number of hydrogen-bond acceptors (Lipinski definition) is 7. The van der Waals surface area contributed by atoms with Crippen LogP contribution in [0.4, 0.5) is 17.1 Å². The average Bonchev–Trinajstić information content (AvgIpc) is 3.25. The minimum absolute atomic E-state index is 0.0887. The summed E-state index contributed by atoms with van der Waals surface area (Å²) >= 11 is 0. The molecule has 11 heteroatoms. The second-order valence-electron chi connectivity index (χ2n) is 8.31. The van der Waals surface area contributed by atoms with E-state index in [4.69, 9.17) is 0 Å². The van der Waals surface area contributed by atoms with E-state index < -0.39 is 15.5 Å². The van der Waals surface area contributed by atoms with Gasteiger partial charge in [0.2, 0.25) is 0 Å². The first-order valence-electron chi connectivity index (χ1n) is 10.7. The van der Waals surface area contributed by atoms with Gasteiger partial charge < -0.3 is 0 Å². The van der Waals surface area contributed by atoms with Gasteiger partial charge in [-0.3, -0.25) is 25.0 Å².